The van der Waals surface area contributed by atoms with Crippen LogP contribution >= 0.6 is 0 Å². The third-order valence-corrected chi connectivity index (χ3v) is 3.52. The predicted molar refractivity (Wildman–Crippen MR) is 80.3 cm³/mol. The second-order valence-electron chi connectivity index (χ2n) is 6.84. The molecule has 2 N–H and O–H groups in total. The molecule has 8 nitrogen and oxygen atoms in total. The van der Waals surface area contributed by atoms with Crippen molar-refractivity contribution < 1.29 is 23.9 Å². The van der Waals surface area contributed by atoms with E-state index in [0.29, 0.717) is 0 Å². The van der Waals surface area contributed by atoms with Crippen LogP contribution in [0.25, 0.3) is 0 Å². The van der Waals surface area contributed by atoms with Crippen molar-refractivity contribution in [2.45, 2.75) is 64.1 Å². The van der Waals surface area contributed by atoms with Gasteiger partial charge < -0.3 is 15.0 Å². The molecule has 8 heteroatoms. The number of nitrogens with one attached hydrogen (secondary N) is 2. The van der Waals surface area contributed by atoms with Crippen molar-refractivity contribution >= 4 is 23.8 Å². The molecule has 2 fully saturated rings. The van der Waals surface area contributed by atoms with Crippen molar-refractivity contribution in [3.8, 4) is 0 Å². The lowest BCUT2D eigenvalue weighted by Gasteiger charge is -2.27. The monoisotopic (exact) mass is 325 g/mol. The molecule has 23 heavy (non-hydrogen) atoms. The third-order valence-electron chi connectivity index (χ3n) is 3.52. The van der Waals surface area contributed by atoms with E-state index in [1.807, 2.05) is 0 Å². The first-order chi connectivity index (χ1) is 10.7. The molecule has 1 unspecified atom stereocenters. The fraction of sp³-hybridized carbons (Fsp3) is 0.733. The Morgan fingerprint density at radius 1 is 1.30 bits per heavy atom. The Balaban J connectivity index is 1.84. The molecule has 1 saturated carbocycles. The Morgan fingerprint density at radius 3 is 2.43 bits per heavy atom. The lowest BCUT2D eigenvalue weighted by atomic mass is 10.2. The third kappa shape index (κ3) is 4.94. The van der Waals surface area contributed by atoms with Gasteiger partial charge in [0.25, 0.3) is 0 Å². The van der Waals surface area contributed by atoms with E-state index in [-0.39, 0.29) is 37.2 Å². The highest BCUT2D eigenvalue weighted by Crippen LogP contribution is 2.31. The molecule has 1 aliphatic carbocycles. The Morgan fingerprint density at radius 2 is 1.96 bits per heavy atom. The number of amides is 4. The van der Waals surface area contributed by atoms with Gasteiger partial charge in [-0.15, -0.1) is 0 Å². The van der Waals surface area contributed by atoms with E-state index in [9.17, 15) is 19.2 Å². The Labute approximate surface area is 134 Å². The summed E-state index contributed by atoms with van der Waals surface area (Å²) in [5, 5.41) is 4.74. The number of hydrogen-bond donors (Lipinski definition) is 2. The molecule has 128 valence electrons. The van der Waals surface area contributed by atoms with Crippen LogP contribution in [0, 0.1) is 0 Å². The van der Waals surface area contributed by atoms with E-state index < -0.39 is 23.6 Å². The van der Waals surface area contributed by atoms with Crippen LogP contribution in [0.1, 0.15) is 46.5 Å². The topological polar surface area (TPSA) is 105 Å². The number of imide groups is 1. The zero-order valence-corrected chi connectivity index (χ0v) is 13.7. The van der Waals surface area contributed by atoms with E-state index in [2.05, 4.69) is 10.6 Å². The molecule has 0 radical (unpaired) electrons. The smallest absolute Gasteiger partial charge is 0.407 e. The molecule has 0 aromatic rings. The largest absolute Gasteiger partial charge is 0.444 e. The Bertz CT molecular complexity index is 522. The predicted octanol–water partition coefficient (Wildman–Crippen LogP) is 0.307. The number of carbonyl (C=O) groups excluding carboxylic acids is 4. The number of hydrogen-bond acceptors (Lipinski definition) is 5. The summed E-state index contributed by atoms with van der Waals surface area (Å²) in [5.41, 5.74) is -0.601. The number of ether oxygens (including phenoxy) is 1. The number of alkyl carbamates (subject to hydrolysis) is 1. The minimum Gasteiger partial charge on any atom is -0.444 e. The molecule has 0 spiro atoms. The number of rotatable bonds is 5. The van der Waals surface area contributed by atoms with Crippen LogP contribution in [0.2, 0.25) is 0 Å². The maximum absolute atomic E-state index is 12.4. The number of nitrogens with zero attached hydrogens (tertiary/aromatic N) is 1. The van der Waals surface area contributed by atoms with Crippen LogP contribution in [0.15, 0.2) is 0 Å². The zero-order chi connectivity index (χ0) is 17.2. The van der Waals surface area contributed by atoms with Crippen LogP contribution in [0.5, 0.6) is 0 Å². The fourth-order valence-corrected chi connectivity index (χ4v) is 2.46. The van der Waals surface area contributed by atoms with Crippen LogP contribution in [0.3, 0.4) is 0 Å². The van der Waals surface area contributed by atoms with Gasteiger partial charge in [0, 0.05) is 19.0 Å². The molecule has 2 rings (SSSR count). The fourth-order valence-electron chi connectivity index (χ4n) is 2.46. The summed E-state index contributed by atoms with van der Waals surface area (Å²) in [6.07, 6.45) is 1.16. The van der Waals surface area contributed by atoms with Gasteiger partial charge in [-0.3, -0.25) is 19.7 Å². The van der Waals surface area contributed by atoms with Crippen LogP contribution < -0.4 is 10.6 Å². The van der Waals surface area contributed by atoms with Crippen molar-refractivity contribution in [3.05, 3.63) is 0 Å². The van der Waals surface area contributed by atoms with Crippen molar-refractivity contribution in [2.75, 3.05) is 6.54 Å². The molecule has 2 aliphatic rings. The maximum Gasteiger partial charge on any atom is 0.407 e. The molecule has 0 bridgehead atoms. The molecule has 1 saturated heterocycles. The maximum atomic E-state index is 12.4. The quantitative estimate of drug-likeness (QED) is 0.708. The van der Waals surface area contributed by atoms with Gasteiger partial charge in [-0.05, 0) is 33.6 Å². The first kappa shape index (κ1) is 17.2. The molecule has 1 heterocycles. The summed E-state index contributed by atoms with van der Waals surface area (Å²) in [6, 6.07) is -0.699. The SMILES string of the molecule is CC(C)(C)OC(=O)NCCC(=O)N(C1CC1)C1CC(=O)NC1=O. The summed E-state index contributed by atoms with van der Waals surface area (Å²) in [7, 11) is 0. The van der Waals surface area contributed by atoms with Gasteiger partial charge in [0.1, 0.15) is 11.6 Å². The summed E-state index contributed by atoms with van der Waals surface area (Å²) >= 11 is 0. The summed E-state index contributed by atoms with van der Waals surface area (Å²) in [4.78, 5) is 48.5. The van der Waals surface area contributed by atoms with E-state index in [0.717, 1.165) is 12.8 Å². The molecule has 4 amide bonds. The van der Waals surface area contributed by atoms with Crippen LogP contribution in [-0.4, -0.2) is 52.9 Å². The van der Waals surface area contributed by atoms with Gasteiger partial charge in [-0.25, -0.2) is 4.79 Å². The van der Waals surface area contributed by atoms with Crippen LogP contribution in [-0.2, 0) is 19.1 Å². The minimum absolute atomic E-state index is 0.0145. The molecular weight excluding hydrogens is 302 g/mol. The molecule has 1 atom stereocenters. The lowest BCUT2D eigenvalue weighted by molar-refractivity contribution is -0.139. The first-order valence-electron chi connectivity index (χ1n) is 7.79. The highest BCUT2D eigenvalue weighted by Gasteiger charge is 2.44. The van der Waals surface area contributed by atoms with Crippen LogP contribution in [0.4, 0.5) is 4.79 Å². The van der Waals surface area contributed by atoms with Crippen molar-refractivity contribution in [3.63, 3.8) is 0 Å². The van der Waals surface area contributed by atoms with E-state index >= 15 is 0 Å². The van der Waals surface area contributed by atoms with Gasteiger partial charge in [-0.2, -0.15) is 0 Å². The second kappa shape index (κ2) is 6.55. The highest BCUT2D eigenvalue weighted by molar-refractivity contribution is 6.06. The minimum atomic E-state index is -0.718. The molecule has 0 aromatic carbocycles. The normalized spacial score (nSPS) is 20.9. The Hall–Kier alpha value is -2.12. The zero-order valence-electron chi connectivity index (χ0n) is 13.7. The average molecular weight is 325 g/mol. The Kier molecular flexibility index (Phi) is 4.91. The van der Waals surface area contributed by atoms with Gasteiger partial charge >= 0.3 is 6.09 Å². The highest BCUT2D eigenvalue weighted by atomic mass is 16.6. The summed E-state index contributed by atoms with van der Waals surface area (Å²) < 4.78 is 5.09. The van der Waals surface area contributed by atoms with Gasteiger partial charge in [0.15, 0.2) is 0 Å². The van der Waals surface area contributed by atoms with E-state index in [1.165, 1.54) is 4.90 Å². The van der Waals surface area contributed by atoms with Crippen molar-refractivity contribution in [1.82, 2.24) is 15.5 Å². The van der Waals surface area contributed by atoms with Crippen molar-refractivity contribution in [2.24, 2.45) is 0 Å². The lowest BCUT2D eigenvalue weighted by Crippen LogP contribution is -2.46. The molecule has 1 aliphatic heterocycles. The van der Waals surface area contributed by atoms with E-state index in [4.69, 9.17) is 4.74 Å². The average Bonchev–Trinajstić information content (AvgIpc) is 3.14. The second-order valence-corrected chi connectivity index (χ2v) is 6.84. The molecular formula is C15H23N3O5. The van der Waals surface area contributed by atoms with Gasteiger partial charge in [0.2, 0.25) is 17.7 Å². The standard InChI is InChI=1S/C15H23N3O5/c1-15(2,3)23-14(22)16-7-6-12(20)18(9-4-5-9)10-8-11(19)17-13(10)21/h9-10H,4-8H2,1-3H3,(H,16,22)(H,17,19,21). The van der Waals surface area contributed by atoms with Gasteiger partial charge in [-0.1, -0.05) is 0 Å². The first-order valence-corrected chi connectivity index (χ1v) is 7.79. The number of carbonyl (C=O) groups is 4. The summed E-state index contributed by atoms with van der Waals surface area (Å²) in [6.45, 7) is 5.38. The summed E-state index contributed by atoms with van der Waals surface area (Å²) in [5.74, 6) is -1.01. The van der Waals surface area contributed by atoms with Crippen molar-refractivity contribution in [1.29, 1.82) is 0 Å². The molecule has 0 aromatic heterocycles. The van der Waals surface area contributed by atoms with Gasteiger partial charge in [0.05, 0.1) is 6.42 Å². The van der Waals surface area contributed by atoms with E-state index in [1.54, 1.807) is 20.8 Å².